The van der Waals surface area contributed by atoms with E-state index in [0.29, 0.717) is 37.2 Å². The highest BCUT2D eigenvalue weighted by molar-refractivity contribution is 8.26. The van der Waals surface area contributed by atoms with Crippen LogP contribution in [-0.4, -0.2) is 32.0 Å². The Morgan fingerprint density at radius 2 is 0.826 bits per heavy atom. The summed E-state index contributed by atoms with van der Waals surface area (Å²) in [5, 5.41) is 0.180. The maximum atomic E-state index is 11.7. The molecule has 23 heavy (non-hydrogen) atoms. The maximum absolute atomic E-state index is 11.7. The van der Waals surface area contributed by atoms with E-state index in [1.807, 2.05) is 0 Å². The predicted octanol–water partition coefficient (Wildman–Crippen LogP) is 4.21. The highest BCUT2D eigenvalue weighted by Crippen LogP contribution is 2.19. The molecule has 1 fully saturated rings. The summed E-state index contributed by atoms with van der Waals surface area (Å²) >= 11 is 3.42. The lowest BCUT2D eigenvalue weighted by Gasteiger charge is -2.01. The fourth-order valence-electron chi connectivity index (χ4n) is 2.12. The van der Waals surface area contributed by atoms with Crippen molar-refractivity contribution in [2.24, 2.45) is 0 Å². The molecule has 0 atom stereocenters. The van der Waals surface area contributed by atoms with Crippen LogP contribution in [0.5, 0.6) is 0 Å². The number of rotatable bonds is 0. The quantitative estimate of drug-likeness (QED) is 0.627. The van der Waals surface area contributed by atoms with Crippen molar-refractivity contribution in [2.45, 2.75) is 64.2 Å². The molecule has 1 heterocycles. The molecule has 4 nitrogen and oxygen atoms in total. The lowest BCUT2D eigenvalue weighted by molar-refractivity contribution is -0.113. The lowest BCUT2D eigenvalue weighted by atomic mass is 10.2. The third-order valence-corrected chi connectivity index (χ3v) is 6.35. The van der Waals surface area contributed by atoms with Gasteiger partial charge in [0.2, 0.25) is 0 Å². The van der Waals surface area contributed by atoms with Crippen molar-refractivity contribution in [3.8, 4) is 0 Å². The van der Waals surface area contributed by atoms with Crippen LogP contribution in [0, 0.1) is 0 Å². The SMILES string of the molecule is O=C1CCCCCC(=O)SC(=O)CCCCCC(=O)SCCS1. The standard InChI is InChI=1S/C16H24O4S3/c17-13-7-3-1-5-9-15(19)23-16(20)10-6-2-4-8-14(18)22-12-11-21-13/h1-12H2. The normalized spacial score (nSPS) is 22.3. The highest BCUT2D eigenvalue weighted by Gasteiger charge is 2.11. The fourth-order valence-corrected chi connectivity index (χ4v) is 4.56. The molecule has 0 radical (unpaired) electrons. The summed E-state index contributed by atoms with van der Waals surface area (Å²) in [6.07, 6.45) is 6.55. The minimum Gasteiger partial charge on any atom is -0.287 e. The van der Waals surface area contributed by atoms with E-state index in [4.69, 9.17) is 0 Å². The van der Waals surface area contributed by atoms with E-state index >= 15 is 0 Å². The lowest BCUT2D eigenvalue weighted by Crippen LogP contribution is -2.00. The van der Waals surface area contributed by atoms with Crippen LogP contribution in [0.25, 0.3) is 0 Å². The average Bonchev–Trinajstić information content (AvgIpc) is 2.50. The third-order valence-electron chi connectivity index (χ3n) is 3.36. The zero-order chi connectivity index (χ0) is 16.9. The Bertz CT molecular complexity index is 386. The Labute approximate surface area is 150 Å². The van der Waals surface area contributed by atoms with Gasteiger partial charge >= 0.3 is 0 Å². The van der Waals surface area contributed by atoms with Gasteiger partial charge in [0.25, 0.3) is 0 Å². The average molecular weight is 377 g/mol. The number of hydrogen-bond donors (Lipinski definition) is 0. The molecule has 0 saturated carbocycles. The number of thioether (sulfide) groups is 3. The number of carbonyl (C=O) groups excluding carboxylic acids is 4. The van der Waals surface area contributed by atoms with Gasteiger partial charge in [0.05, 0.1) is 0 Å². The second-order valence-corrected chi connectivity index (χ2v) is 8.83. The molecule has 0 unspecified atom stereocenters. The first-order chi connectivity index (χ1) is 11.1. The van der Waals surface area contributed by atoms with Crippen LogP contribution in [0.2, 0.25) is 0 Å². The third kappa shape index (κ3) is 11.8. The summed E-state index contributed by atoms with van der Waals surface area (Å²) in [6, 6.07) is 0. The molecule has 0 bridgehead atoms. The molecule has 7 heteroatoms. The molecular formula is C16H24O4S3. The first-order valence-corrected chi connectivity index (χ1v) is 10.9. The van der Waals surface area contributed by atoms with Crippen LogP contribution in [0.15, 0.2) is 0 Å². The Kier molecular flexibility index (Phi) is 11.8. The molecule has 0 aromatic carbocycles. The molecule has 0 spiro atoms. The largest absolute Gasteiger partial charge is 0.287 e. The van der Waals surface area contributed by atoms with Gasteiger partial charge in [-0.3, -0.25) is 19.2 Å². The minimum atomic E-state index is -0.0693. The van der Waals surface area contributed by atoms with Crippen molar-refractivity contribution in [1.82, 2.24) is 0 Å². The molecule has 0 aromatic heterocycles. The van der Waals surface area contributed by atoms with Crippen LogP contribution < -0.4 is 0 Å². The van der Waals surface area contributed by atoms with Crippen molar-refractivity contribution in [2.75, 3.05) is 11.5 Å². The summed E-state index contributed by atoms with van der Waals surface area (Å²) in [5.74, 6) is 1.36. The van der Waals surface area contributed by atoms with E-state index in [0.717, 1.165) is 50.3 Å². The van der Waals surface area contributed by atoms with Crippen molar-refractivity contribution in [1.29, 1.82) is 0 Å². The van der Waals surface area contributed by atoms with Gasteiger partial charge in [-0.25, -0.2) is 0 Å². The topological polar surface area (TPSA) is 68.3 Å². The summed E-state index contributed by atoms with van der Waals surface area (Å²) in [7, 11) is 0. The minimum absolute atomic E-state index is 0.0693. The first kappa shape index (κ1) is 20.8. The van der Waals surface area contributed by atoms with E-state index in [1.54, 1.807) is 0 Å². The summed E-state index contributed by atoms with van der Waals surface area (Å²) in [4.78, 5) is 46.7. The molecular weight excluding hydrogens is 352 g/mol. The van der Waals surface area contributed by atoms with Gasteiger partial charge in [-0.15, -0.1) is 0 Å². The molecule has 0 aliphatic carbocycles. The molecule has 1 saturated heterocycles. The van der Waals surface area contributed by atoms with Gasteiger partial charge < -0.3 is 0 Å². The van der Waals surface area contributed by atoms with Crippen molar-refractivity contribution < 1.29 is 19.2 Å². The highest BCUT2D eigenvalue weighted by atomic mass is 32.2. The summed E-state index contributed by atoms with van der Waals surface area (Å²) in [5.41, 5.74) is 0. The second kappa shape index (κ2) is 13.1. The van der Waals surface area contributed by atoms with Gasteiger partial charge in [-0.1, -0.05) is 36.4 Å². The maximum Gasteiger partial charge on any atom is 0.196 e. The van der Waals surface area contributed by atoms with Gasteiger partial charge in [0.1, 0.15) is 0 Å². The summed E-state index contributed by atoms with van der Waals surface area (Å²) < 4.78 is 0. The Morgan fingerprint density at radius 3 is 1.22 bits per heavy atom. The Morgan fingerprint density at radius 1 is 0.478 bits per heavy atom. The van der Waals surface area contributed by atoms with Crippen LogP contribution in [0.3, 0.4) is 0 Å². The molecule has 130 valence electrons. The molecule has 1 rings (SSSR count). The van der Waals surface area contributed by atoms with Gasteiger partial charge in [0.15, 0.2) is 20.5 Å². The van der Waals surface area contributed by atoms with E-state index < -0.39 is 0 Å². The molecule has 0 amide bonds. The first-order valence-electron chi connectivity index (χ1n) is 8.12. The predicted molar refractivity (Wildman–Crippen MR) is 98.7 cm³/mol. The smallest absolute Gasteiger partial charge is 0.196 e. The van der Waals surface area contributed by atoms with E-state index in [9.17, 15) is 19.2 Å². The van der Waals surface area contributed by atoms with Gasteiger partial charge in [-0.05, 0) is 37.4 Å². The van der Waals surface area contributed by atoms with Crippen LogP contribution in [0.1, 0.15) is 64.2 Å². The van der Waals surface area contributed by atoms with Crippen molar-refractivity contribution in [3.05, 3.63) is 0 Å². The van der Waals surface area contributed by atoms with E-state index in [-0.39, 0.29) is 20.5 Å². The van der Waals surface area contributed by atoms with Crippen molar-refractivity contribution >= 4 is 55.7 Å². The molecule has 1 aliphatic heterocycles. The van der Waals surface area contributed by atoms with Crippen LogP contribution >= 0.6 is 35.3 Å². The van der Waals surface area contributed by atoms with Crippen molar-refractivity contribution in [3.63, 3.8) is 0 Å². The zero-order valence-corrected chi connectivity index (χ0v) is 15.8. The van der Waals surface area contributed by atoms with E-state index in [2.05, 4.69) is 0 Å². The zero-order valence-electron chi connectivity index (χ0n) is 13.3. The molecule has 0 N–H and O–H groups in total. The van der Waals surface area contributed by atoms with Crippen LogP contribution in [0.4, 0.5) is 0 Å². The monoisotopic (exact) mass is 376 g/mol. The molecule has 0 aromatic rings. The summed E-state index contributed by atoms with van der Waals surface area (Å²) in [6.45, 7) is 0. The van der Waals surface area contributed by atoms with Crippen LogP contribution in [-0.2, 0) is 19.2 Å². The van der Waals surface area contributed by atoms with Gasteiger partial charge in [-0.2, -0.15) is 0 Å². The second-order valence-electron chi connectivity index (χ2n) is 5.41. The number of hydrogen-bond acceptors (Lipinski definition) is 7. The van der Waals surface area contributed by atoms with E-state index in [1.165, 1.54) is 23.5 Å². The fraction of sp³-hybridized carbons (Fsp3) is 0.750. The Balaban J connectivity index is 2.37. The Hall–Kier alpha value is -0.270. The molecule has 1 aliphatic rings. The van der Waals surface area contributed by atoms with Gasteiger partial charge in [0, 0.05) is 37.2 Å². The number of carbonyl (C=O) groups is 4.